The molecule has 0 aliphatic carbocycles. The van der Waals surface area contributed by atoms with Crippen LogP contribution in [-0.4, -0.2) is 35.6 Å². The fraction of sp³-hybridized carbons (Fsp3) is 0.941. The number of nitrogens with zero attached hydrogens (tertiary/aromatic N) is 1. The van der Waals surface area contributed by atoms with Gasteiger partial charge in [-0.3, -0.25) is 4.79 Å². The predicted octanol–water partition coefficient (Wildman–Crippen LogP) is 4.31. The smallest absolute Gasteiger partial charge is 0.310 e. The van der Waals surface area contributed by atoms with Crippen LogP contribution in [0.25, 0.3) is 0 Å². The standard InChI is InChI=1S/C17H33NO2/c1-3-5-6-7-8-9-13-18-14-10-12-17(15-18,11-4-2)16(19)20/h3-15H2,1-2H3,(H,19,20). The second kappa shape index (κ2) is 9.38. The molecule has 1 fully saturated rings. The van der Waals surface area contributed by atoms with Gasteiger partial charge in [0.2, 0.25) is 0 Å². The van der Waals surface area contributed by atoms with Gasteiger partial charge in [0.15, 0.2) is 0 Å². The average Bonchev–Trinajstić information content (AvgIpc) is 2.43. The zero-order valence-electron chi connectivity index (χ0n) is 13.5. The summed E-state index contributed by atoms with van der Waals surface area (Å²) in [6.07, 6.45) is 11.6. The Morgan fingerprint density at radius 3 is 2.45 bits per heavy atom. The molecule has 118 valence electrons. The van der Waals surface area contributed by atoms with E-state index in [1.54, 1.807) is 0 Å². The number of piperidine rings is 1. The van der Waals surface area contributed by atoms with Crippen LogP contribution in [0.15, 0.2) is 0 Å². The lowest BCUT2D eigenvalue weighted by Crippen LogP contribution is -2.48. The van der Waals surface area contributed by atoms with Crippen molar-refractivity contribution in [2.24, 2.45) is 5.41 Å². The summed E-state index contributed by atoms with van der Waals surface area (Å²) in [5, 5.41) is 9.58. The number of likely N-dealkylation sites (tertiary alicyclic amines) is 1. The van der Waals surface area contributed by atoms with Gasteiger partial charge >= 0.3 is 5.97 Å². The molecule has 0 aromatic carbocycles. The maximum atomic E-state index is 11.6. The van der Waals surface area contributed by atoms with Crippen LogP contribution in [0.5, 0.6) is 0 Å². The molecule has 0 spiro atoms. The minimum Gasteiger partial charge on any atom is -0.481 e. The van der Waals surface area contributed by atoms with Gasteiger partial charge in [0.25, 0.3) is 0 Å². The molecule has 1 rings (SSSR count). The first-order valence-corrected chi connectivity index (χ1v) is 8.60. The van der Waals surface area contributed by atoms with E-state index in [0.717, 1.165) is 45.3 Å². The number of unbranched alkanes of at least 4 members (excludes halogenated alkanes) is 5. The molecule has 1 unspecified atom stereocenters. The van der Waals surface area contributed by atoms with Gasteiger partial charge in [-0.15, -0.1) is 0 Å². The molecule has 1 N–H and O–H groups in total. The molecule has 0 aromatic heterocycles. The van der Waals surface area contributed by atoms with Crippen molar-refractivity contribution >= 4 is 5.97 Å². The largest absolute Gasteiger partial charge is 0.481 e. The highest BCUT2D eigenvalue weighted by molar-refractivity contribution is 5.75. The zero-order chi connectivity index (χ0) is 14.8. The third kappa shape index (κ3) is 5.43. The zero-order valence-corrected chi connectivity index (χ0v) is 13.5. The van der Waals surface area contributed by atoms with Crippen molar-refractivity contribution in [3.63, 3.8) is 0 Å². The van der Waals surface area contributed by atoms with Crippen LogP contribution in [0, 0.1) is 5.41 Å². The Balaban J connectivity index is 2.31. The minimum absolute atomic E-state index is 0.463. The van der Waals surface area contributed by atoms with Crippen LogP contribution in [0.3, 0.4) is 0 Å². The highest BCUT2D eigenvalue weighted by atomic mass is 16.4. The van der Waals surface area contributed by atoms with Gasteiger partial charge in [-0.05, 0) is 38.8 Å². The van der Waals surface area contributed by atoms with E-state index in [0.29, 0.717) is 0 Å². The van der Waals surface area contributed by atoms with E-state index in [2.05, 4.69) is 18.7 Å². The molecule has 0 aromatic rings. The maximum Gasteiger partial charge on any atom is 0.310 e. The summed E-state index contributed by atoms with van der Waals surface area (Å²) in [5.41, 5.74) is -0.463. The molecule has 20 heavy (non-hydrogen) atoms. The fourth-order valence-electron chi connectivity index (χ4n) is 3.50. The first-order valence-electron chi connectivity index (χ1n) is 8.60. The van der Waals surface area contributed by atoms with Crippen molar-refractivity contribution in [1.82, 2.24) is 4.90 Å². The lowest BCUT2D eigenvalue weighted by molar-refractivity contribution is -0.153. The second-order valence-corrected chi connectivity index (χ2v) is 6.48. The molecule has 3 heteroatoms. The third-order valence-electron chi connectivity index (χ3n) is 4.67. The van der Waals surface area contributed by atoms with E-state index in [1.165, 1.54) is 38.5 Å². The molecule has 1 heterocycles. The van der Waals surface area contributed by atoms with Crippen LogP contribution in [0.4, 0.5) is 0 Å². The molecule has 0 amide bonds. The van der Waals surface area contributed by atoms with Gasteiger partial charge in [-0.25, -0.2) is 0 Å². The lowest BCUT2D eigenvalue weighted by atomic mass is 9.76. The predicted molar refractivity (Wildman–Crippen MR) is 84.0 cm³/mol. The van der Waals surface area contributed by atoms with Crippen molar-refractivity contribution in [2.45, 2.75) is 78.1 Å². The molecule has 1 atom stereocenters. The van der Waals surface area contributed by atoms with Gasteiger partial charge in [0.1, 0.15) is 0 Å². The van der Waals surface area contributed by atoms with Crippen LogP contribution in [0.1, 0.15) is 78.1 Å². The molecular formula is C17H33NO2. The van der Waals surface area contributed by atoms with Crippen LogP contribution in [0.2, 0.25) is 0 Å². The van der Waals surface area contributed by atoms with Gasteiger partial charge < -0.3 is 10.0 Å². The number of carbonyl (C=O) groups is 1. The van der Waals surface area contributed by atoms with Crippen molar-refractivity contribution in [3.8, 4) is 0 Å². The Kier molecular flexibility index (Phi) is 8.20. The number of hydrogen-bond donors (Lipinski definition) is 1. The lowest BCUT2D eigenvalue weighted by Gasteiger charge is -2.40. The summed E-state index contributed by atoms with van der Waals surface area (Å²) in [6, 6.07) is 0. The molecule has 0 saturated carbocycles. The molecular weight excluding hydrogens is 250 g/mol. The summed E-state index contributed by atoms with van der Waals surface area (Å²) < 4.78 is 0. The normalized spacial score (nSPS) is 23.9. The van der Waals surface area contributed by atoms with Crippen LogP contribution >= 0.6 is 0 Å². The number of aliphatic carboxylic acids is 1. The van der Waals surface area contributed by atoms with Gasteiger partial charge in [-0.1, -0.05) is 52.4 Å². The Morgan fingerprint density at radius 2 is 1.80 bits per heavy atom. The first-order chi connectivity index (χ1) is 9.64. The van der Waals surface area contributed by atoms with Gasteiger partial charge in [0.05, 0.1) is 5.41 Å². The SMILES string of the molecule is CCCCCCCCN1CCCC(CCC)(C(=O)O)C1. The van der Waals surface area contributed by atoms with Gasteiger partial charge in [-0.2, -0.15) is 0 Å². The van der Waals surface area contributed by atoms with Crippen molar-refractivity contribution < 1.29 is 9.90 Å². The number of carboxylic acids is 1. The Hall–Kier alpha value is -0.570. The Bertz CT molecular complexity index is 276. The third-order valence-corrected chi connectivity index (χ3v) is 4.67. The quantitative estimate of drug-likeness (QED) is 0.607. The first kappa shape index (κ1) is 17.5. The fourth-order valence-corrected chi connectivity index (χ4v) is 3.50. The van der Waals surface area contributed by atoms with Crippen molar-refractivity contribution in [1.29, 1.82) is 0 Å². The number of rotatable bonds is 10. The molecule has 1 aliphatic rings. The second-order valence-electron chi connectivity index (χ2n) is 6.48. The van der Waals surface area contributed by atoms with Crippen LogP contribution in [-0.2, 0) is 4.79 Å². The summed E-state index contributed by atoms with van der Waals surface area (Å²) in [7, 11) is 0. The minimum atomic E-state index is -0.577. The Labute approximate surface area is 124 Å². The summed E-state index contributed by atoms with van der Waals surface area (Å²) in [4.78, 5) is 14.0. The van der Waals surface area contributed by atoms with Crippen LogP contribution < -0.4 is 0 Å². The number of hydrogen-bond acceptors (Lipinski definition) is 2. The van der Waals surface area contributed by atoms with E-state index in [1.807, 2.05) is 0 Å². The van der Waals surface area contributed by atoms with E-state index in [-0.39, 0.29) is 0 Å². The van der Waals surface area contributed by atoms with E-state index >= 15 is 0 Å². The van der Waals surface area contributed by atoms with E-state index in [4.69, 9.17) is 0 Å². The number of carboxylic acid groups (broad SMARTS) is 1. The van der Waals surface area contributed by atoms with Crippen molar-refractivity contribution in [2.75, 3.05) is 19.6 Å². The molecule has 1 aliphatic heterocycles. The van der Waals surface area contributed by atoms with Gasteiger partial charge in [0, 0.05) is 6.54 Å². The topological polar surface area (TPSA) is 40.5 Å². The monoisotopic (exact) mass is 283 g/mol. The molecule has 1 saturated heterocycles. The average molecular weight is 283 g/mol. The molecule has 0 radical (unpaired) electrons. The highest BCUT2D eigenvalue weighted by Gasteiger charge is 2.41. The van der Waals surface area contributed by atoms with E-state index in [9.17, 15) is 9.90 Å². The van der Waals surface area contributed by atoms with E-state index < -0.39 is 11.4 Å². The maximum absolute atomic E-state index is 11.6. The molecule has 3 nitrogen and oxygen atoms in total. The summed E-state index contributed by atoms with van der Waals surface area (Å²) >= 11 is 0. The highest BCUT2D eigenvalue weighted by Crippen LogP contribution is 2.35. The summed E-state index contributed by atoms with van der Waals surface area (Å²) in [6.45, 7) is 7.29. The Morgan fingerprint density at radius 1 is 1.10 bits per heavy atom. The summed E-state index contributed by atoms with van der Waals surface area (Å²) in [5.74, 6) is -0.577. The van der Waals surface area contributed by atoms with Crippen molar-refractivity contribution in [3.05, 3.63) is 0 Å². The molecule has 0 bridgehead atoms.